The van der Waals surface area contributed by atoms with Crippen LogP contribution in [0.4, 0.5) is 0 Å². The van der Waals surface area contributed by atoms with Gasteiger partial charge in [0.2, 0.25) is 0 Å². The Kier molecular flexibility index (Phi) is 5.01. The van der Waals surface area contributed by atoms with Crippen LogP contribution in [0.3, 0.4) is 0 Å². The van der Waals surface area contributed by atoms with E-state index >= 15 is 0 Å². The van der Waals surface area contributed by atoms with Crippen LogP contribution in [0, 0.1) is 5.92 Å². The van der Waals surface area contributed by atoms with Crippen LogP contribution >= 0.6 is 15.9 Å². The lowest BCUT2D eigenvalue weighted by atomic mass is 9.93. The summed E-state index contributed by atoms with van der Waals surface area (Å²) in [7, 11) is 0. The summed E-state index contributed by atoms with van der Waals surface area (Å²) in [6, 6.07) is 8.52. The topological polar surface area (TPSA) is 35.2 Å². The van der Waals surface area contributed by atoms with Crippen LogP contribution in [0.1, 0.15) is 24.8 Å². The molecule has 1 fully saturated rings. The number of benzene rings is 1. The van der Waals surface area contributed by atoms with Gasteiger partial charge in [-0.3, -0.25) is 0 Å². The molecule has 0 aromatic heterocycles. The van der Waals surface area contributed by atoms with Gasteiger partial charge in [0.15, 0.2) is 0 Å². The molecule has 0 radical (unpaired) electrons. The van der Waals surface area contributed by atoms with Gasteiger partial charge in [0.05, 0.1) is 6.10 Å². The summed E-state index contributed by atoms with van der Waals surface area (Å²) in [5.41, 5.74) is 7.23. The van der Waals surface area contributed by atoms with E-state index in [4.69, 9.17) is 10.5 Å². The molecule has 3 heteroatoms. The Balaban J connectivity index is 1.87. The number of ether oxygens (including phenoxy) is 1. The minimum absolute atomic E-state index is 0.444. The highest BCUT2D eigenvalue weighted by molar-refractivity contribution is 9.10. The van der Waals surface area contributed by atoms with Crippen LogP contribution < -0.4 is 5.73 Å². The fourth-order valence-corrected chi connectivity index (χ4v) is 2.68. The third-order valence-electron chi connectivity index (χ3n) is 3.39. The van der Waals surface area contributed by atoms with Crippen LogP contribution in [0.15, 0.2) is 28.7 Å². The minimum atomic E-state index is 0.444. The maximum absolute atomic E-state index is 5.86. The van der Waals surface area contributed by atoms with Crippen LogP contribution in [0.5, 0.6) is 0 Å². The molecule has 2 N–H and O–H groups in total. The molecule has 1 aromatic carbocycles. The Labute approximate surface area is 112 Å². The van der Waals surface area contributed by atoms with Gasteiger partial charge < -0.3 is 10.5 Å². The first kappa shape index (κ1) is 13.1. The first-order chi connectivity index (χ1) is 8.28. The number of hydrogen-bond donors (Lipinski definition) is 1. The van der Waals surface area contributed by atoms with E-state index in [1.54, 1.807) is 0 Å². The summed E-state index contributed by atoms with van der Waals surface area (Å²) in [4.78, 5) is 0. The summed E-state index contributed by atoms with van der Waals surface area (Å²) in [5.74, 6) is 0.541. The molecule has 0 spiro atoms. The molecule has 1 saturated heterocycles. The number of rotatable bonds is 5. The van der Waals surface area contributed by atoms with E-state index in [-0.39, 0.29) is 0 Å². The molecule has 2 nitrogen and oxygen atoms in total. The van der Waals surface area contributed by atoms with Crippen molar-refractivity contribution < 1.29 is 4.74 Å². The van der Waals surface area contributed by atoms with Crippen molar-refractivity contribution in [3.05, 3.63) is 34.3 Å². The fraction of sp³-hybridized carbons (Fsp3) is 0.571. The third-order valence-corrected chi connectivity index (χ3v) is 3.92. The van der Waals surface area contributed by atoms with Crippen molar-refractivity contribution in [2.24, 2.45) is 11.7 Å². The van der Waals surface area contributed by atoms with E-state index in [0.29, 0.717) is 12.0 Å². The second-order valence-electron chi connectivity index (χ2n) is 4.80. The minimum Gasteiger partial charge on any atom is -0.378 e. The second-order valence-corrected chi connectivity index (χ2v) is 5.72. The standard InChI is InChI=1S/C14H20BrNO/c15-13-5-3-11(4-6-13)8-12(10-16)9-14-2-1-7-17-14/h3-6,12,14H,1-2,7-10,16H2. The summed E-state index contributed by atoms with van der Waals surface area (Å²) in [5, 5.41) is 0. The Hall–Kier alpha value is -0.380. The molecule has 1 heterocycles. The molecule has 1 aliphatic heterocycles. The highest BCUT2D eigenvalue weighted by Gasteiger charge is 2.20. The number of nitrogens with two attached hydrogens (primary N) is 1. The van der Waals surface area contributed by atoms with Gasteiger partial charge >= 0.3 is 0 Å². The molecular weight excluding hydrogens is 278 g/mol. The lowest BCUT2D eigenvalue weighted by Crippen LogP contribution is -2.22. The number of hydrogen-bond acceptors (Lipinski definition) is 2. The maximum Gasteiger partial charge on any atom is 0.0579 e. The van der Waals surface area contributed by atoms with Crippen LogP contribution in [-0.2, 0) is 11.2 Å². The van der Waals surface area contributed by atoms with Crippen molar-refractivity contribution in [3.8, 4) is 0 Å². The van der Waals surface area contributed by atoms with Crippen molar-refractivity contribution in [1.82, 2.24) is 0 Å². The van der Waals surface area contributed by atoms with Gasteiger partial charge in [-0.2, -0.15) is 0 Å². The average Bonchev–Trinajstić information content (AvgIpc) is 2.84. The Morgan fingerprint density at radius 1 is 1.35 bits per heavy atom. The molecule has 2 atom stereocenters. The van der Waals surface area contributed by atoms with E-state index in [9.17, 15) is 0 Å². The van der Waals surface area contributed by atoms with Gasteiger partial charge in [-0.1, -0.05) is 28.1 Å². The second kappa shape index (κ2) is 6.53. The average molecular weight is 298 g/mol. The molecule has 0 aliphatic carbocycles. The molecule has 0 amide bonds. The van der Waals surface area contributed by atoms with Gasteiger partial charge in [-0.05, 0) is 55.8 Å². The predicted octanol–water partition coefficient (Wildman–Crippen LogP) is 3.14. The Bertz CT molecular complexity index is 333. The first-order valence-electron chi connectivity index (χ1n) is 6.34. The summed E-state index contributed by atoms with van der Waals surface area (Å²) in [6.45, 7) is 1.68. The predicted molar refractivity (Wildman–Crippen MR) is 74.0 cm³/mol. The third kappa shape index (κ3) is 4.09. The van der Waals surface area contributed by atoms with Gasteiger partial charge in [-0.15, -0.1) is 0 Å². The quantitative estimate of drug-likeness (QED) is 0.906. The molecular formula is C14H20BrNO. The van der Waals surface area contributed by atoms with Gasteiger partial charge in [0.25, 0.3) is 0 Å². The summed E-state index contributed by atoms with van der Waals surface area (Å²) < 4.78 is 6.81. The summed E-state index contributed by atoms with van der Waals surface area (Å²) >= 11 is 3.45. The highest BCUT2D eigenvalue weighted by atomic mass is 79.9. The van der Waals surface area contributed by atoms with Gasteiger partial charge in [0, 0.05) is 11.1 Å². The van der Waals surface area contributed by atoms with Gasteiger partial charge in [-0.25, -0.2) is 0 Å². The van der Waals surface area contributed by atoms with Crippen LogP contribution in [0.25, 0.3) is 0 Å². The first-order valence-corrected chi connectivity index (χ1v) is 7.13. The number of halogens is 1. The van der Waals surface area contributed by atoms with Crippen molar-refractivity contribution in [2.75, 3.05) is 13.2 Å². The Morgan fingerprint density at radius 3 is 2.71 bits per heavy atom. The van der Waals surface area contributed by atoms with Crippen molar-refractivity contribution in [1.29, 1.82) is 0 Å². The lowest BCUT2D eigenvalue weighted by molar-refractivity contribution is 0.0905. The fourth-order valence-electron chi connectivity index (χ4n) is 2.42. The van der Waals surface area contributed by atoms with Crippen LogP contribution in [-0.4, -0.2) is 19.3 Å². The van der Waals surface area contributed by atoms with E-state index in [1.807, 2.05) is 0 Å². The van der Waals surface area contributed by atoms with Crippen molar-refractivity contribution in [2.45, 2.75) is 31.8 Å². The van der Waals surface area contributed by atoms with Crippen molar-refractivity contribution in [3.63, 3.8) is 0 Å². The maximum atomic E-state index is 5.86. The van der Waals surface area contributed by atoms with E-state index in [2.05, 4.69) is 40.2 Å². The molecule has 1 aliphatic rings. The zero-order valence-corrected chi connectivity index (χ0v) is 11.7. The molecule has 17 heavy (non-hydrogen) atoms. The van der Waals surface area contributed by atoms with Gasteiger partial charge in [0.1, 0.15) is 0 Å². The zero-order valence-electron chi connectivity index (χ0n) is 10.1. The lowest BCUT2D eigenvalue weighted by Gasteiger charge is -2.18. The Morgan fingerprint density at radius 2 is 2.12 bits per heavy atom. The molecule has 1 aromatic rings. The molecule has 0 saturated carbocycles. The molecule has 2 rings (SSSR count). The SMILES string of the molecule is NCC(Cc1ccc(Br)cc1)CC1CCCO1. The molecule has 2 unspecified atom stereocenters. The normalized spacial score (nSPS) is 21.6. The van der Waals surface area contributed by atoms with Crippen LogP contribution in [0.2, 0.25) is 0 Å². The zero-order chi connectivity index (χ0) is 12.1. The van der Waals surface area contributed by atoms with E-state index < -0.39 is 0 Å². The highest BCUT2D eigenvalue weighted by Crippen LogP contribution is 2.22. The summed E-state index contributed by atoms with van der Waals surface area (Å²) in [6.07, 6.45) is 5.02. The molecule has 94 valence electrons. The largest absolute Gasteiger partial charge is 0.378 e. The van der Waals surface area contributed by atoms with E-state index in [0.717, 1.165) is 30.5 Å². The monoisotopic (exact) mass is 297 g/mol. The smallest absolute Gasteiger partial charge is 0.0579 e. The van der Waals surface area contributed by atoms with E-state index in [1.165, 1.54) is 18.4 Å². The molecule has 0 bridgehead atoms. The van der Waals surface area contributed by atoms with Crippen molar-refractivity contribution >= 4 is 15.9 Å².